The van der Waals surface area contributed by atoms with Gasteiger partial charge < -0.3 is 10.6 Å². The molecule has 0 saturated heterocycles. The normalized spacial score (nSPS) is 12.0. The van der Waals surface area contributed by atoms with Crippen LogP contribution in [0, 0.1) is 11.2 Å². The van der Waals surface area contributed by atoms with Gasteiger partial charge in [-0.05, 0) is 42.8 Å². The van der Waals surface area contributed by atoms with E-state index >= 15 is 0 Å². The van der Waals surface area contributed by atoms with E-state index in [0.717, 1.165) is 5.56 Å². The zero-order valence-electron chi connectivity index (χ0n) is 11.9. The zero-order chi connectivity index (χ0) is 15.6. The van der Waals surface area contributed by atoms with Gasteiger partial charge in [-0.25, -0.2) is 4.39 Å². The standard InChI is InChI=1S/C16H17ClFN3/c1-10(11-4-3-5-13(17)8-11)21(2)15-7-6-12(16(19)20)9-14(15)18/h3-10H,1-2H3,(H3,19,20). The summed E-state index contributed by atoms with van der Waals surface area (Å²) < 4.78 is 14.2. The van der Waals surface area contributed by atoms with Gasteiger partial charge in [0.05, 0.1) is 11.7 Å². The molecule has 2 aromatic rings. The molecule has 0 radical (unpaired) electrons. The number of nitrogens with two attached hydrogens (primary N) is 1. The third-order valence-electron chi connectivity index (χ3n) is 3.55. The van der Waals surface area contributed by atoms with Crippen molar-refractivity contribution in [2.45, 2.75) is 13.0 Å². The molecule has 0 bridgehead atoms. The first-order valence-corrected chi connectivity index (χ1v) is 6.90. The van der Waals surface area contributed by atoms with Crippen LogP contribution in [0.3, 0.4) is 0 Å². The van der Waals surface area contributed by atoms with Crippen LogP contribution in [-0.4, -0.2) is 12.9 Å². The van der Waals surface area contributed by atoms with Crippen LogP contribution in [0.4, 0.5) is 10.1 Å². The lowest BCUT2D eigenvalue weighted by molar-refractivity contribution is 0.611. The average molecular weight is 306 g/mol. The average Bonchev–Trinajstić information content (AvgIpc) is 2.45. The molecule has 3 N–H and O–H groups in total. The van der Waals surface area contributed by atoms with Crippen LogP contribution in [-0.2, 0) is 0 Å². The number of hydrogen-bond donors (Lipinski definition) is 2. The minimum absolute atomic E-state index is 0.0404. The Labute approximate surface area is 128 Å². The first-order valence-electron chi connectivity index (χ1n) is 6.52. The maximum absolute atomic E-state index is 14.2. The molecule has 0 aliphatic heterocycles. The van der Waals surface area contributed by atoms with Gasteiger partial charge in [0.15, 0.2) is 0 Å². The summed E-state index contributed by atoms with van der Waals surface area (Å²) in [5, 5.41) is 7.99. The zero-order valence-corrected chi connectivity index (χ0v) is 12.7. The van der Waals surface area contributed by atoms with E-state index in [2.05, 4.69) is 0 Å². The first kappa shape index (κ1) is 15.3. The van der Waals surface area contributed by atoms with Gasteiger partial charge in [-0.3, -0.25) is 5.41 Å². The van der Waals surface area contributed by atoms with Crippen LogP contribution in [0.2, 0.25) is 5.02 Å². The molecule has 1 atom stereocenters. The van der Waals surface area contributed by atoms with Crippen LogP contribution in [0.5, 0.6) is 0 Å². The highest BCUT2D eigenvalue weighted by Gasteiger charge is 2.16. The maximum Gasteiger partial charge on any atom is 0.147 e. The van der Waals surface area contributed by atoms with Crippen LogP contribution in [0.25, 0.3) is 0 Å². The van der Waals surface area contributed by atoms with Crippen molar-refractivity contribution in [3.63, 3.8) is 0 Å². The van der Waals surface area contributed by atoms with Crippen molar-refractivity contribution < 1.29 is 4.39 Å². The summed E-state index contributed by atoms with van der Waals surface area (Å²) >= 11 is 6.00. The molecule has 0 aromatic heterocycles. The molecule has 110 valence electrons. The molecular weight excluding hydrogens is 289 g/mol. The summed E-state index contributed by atoms with van der Waals surface area (Å²) in [5.41, 5.74) is 7.19. The van der Waals surface area contributed by atoms with Crippen molar-refractivity contribution >= 4 is 23.1 Å². The molecule has 0 aliphatic rings. The van der Waals surface area contributed by atoms with Gasteiger partial charge in [0.25, 0.3) is 0 Å². The largest absolute Gasteiger partial charge is 0.384 e. The predicted molar refractivity (Wildman–Crippen MR) is 85.7 cm³/mol. The fourth-order valence-corrected chi connectivity index (χ4v) is 2.36. The van der Waals surface area contributed by atoms with Crippen molar-refractivity contribution in [1.29, 1.82) is 5.41 Å². The molecule has 0 amide bonds. The number of nitrogens with zero attached hydrogens (tertiary/aromatic N) is 1. The Morgan fingerprint density at radius 1 is 1.29 bits per heavy atom. The van der Waals surface area contributed by atoms with E-state index < -0.39 is 5.82 Å². The monoisotopic (exact) mass is 305 g/mol. The van der Waals surface area contributed by atoms with Crippen molar-refractivity contribution in [2.75, 3.05) is 11.9 Å². The number of anilines is 1. The van der Waals surface area contributed by atoms with Gasteiger partial charge in [0.2, 0.25) is 0 Å². The quantitative estimate of drug-likeness (QED) is 0.663. The lowest BCUT2D eigenvalue weighted by Crippen LogP contribution is -2.23. The van der Waals surface area contributed by atoms with Crippen molar-refractivity contribution in [2.24, 2.45) is 5.73 Å². The fraction of sp³-hybridized carbons (Fsp3) is 0.188. The van der Waals surface area contributed by atoms with Crippen LogP contribution < -0.4 is 10.6 Å². The Morgan fingerprint density at radius 3 is 2.57 bits per heavy atom. The molecule has 0 fully saturated rings. The first-order chi connectivity index (χ1) is 9.90. The Kier molecular flexibility index (Phi) is 4.48. The highest BCUT2D eigenvalue weighted by Crippen LogP contribution is 2.29. The van der Waals surface area contributed by atoms with Gasteiger partial charge in [-0.2, -0.15) is 0 Å². The molecule has 1 unspecified atom stereocenters. The number of hydrogen-bond acceptors (Lipinski definition) is 2. The Morgan fingerprint density at radius 2 is 2.00 bits per heavy atom. The van der Waals surface area contributed by atoms with Gasteiger partial charge >= 0.3 is 0 Å². The predicted octanol–water partition coefficient (Wildman–Crippen LogP) is 3.96. The molecule has 21 heavy (non-hydrogen) atoms. The summed E-state index contributed by atoms with van der Waals surface area (Å²) in [6.07, 6.45) is 0. The van der Waals surface area contributed by atoms with E-state index in [1.165, 1.54) is 6.07 Å². The van der Waals surface area contributed by atoms with E-state index in [1.807, 2.05) is 37.1 Å². The molecule has 0 heterocycles. The van der Waals surface area contributed by atoms with E-state index in [9.17, 15) is 4.39 Å². The number of halogens is 2. The summed E-state index contributed by atoms with van der Waals surface area (Å²) in [6, 6.07) is 12.0. The maximum atomic E-state index is 14.2. The minimum Gasteiger partial charge on any atom is -0.384 e. The molecule has 3 nitrogen and oxygen atoms in total. The molecular formula is C16H17ClFN3. The molecule has 2 aromatic carbocycles. The van der Waals surface area contributed by atoms with E-state index in [1.54, 1.807) is 18.2 Å². The number of amidine groups is 1. The highest BCUT2D eigenvalue weighted by molar-refractivity contribution is 6.30. The number of benzene rings is 2. The van der Waals surface area contributed by atoms with Crippen LogP contribution in [0.1, 0.15) is 24.1 Å². The summed E-state index contributed by atoms with van der Waals surface area (Å²) in [4.78, 5) is 1.82. The number of rotatable bonds is 4. The van der Waals surface area contributed by atoms with E-state index in [4.69, 9.17) is 22.7 Å². The minimum atomic E-state index is -0.404. The highest BCUT2D eigenvalue weighted by atomic mass is 35.5. The summed E-state index contributed by atoms with van der Waals surface area (Å²) in [5.74, 6) is -0.551. The summed E-state index contributed by atoms with van der Waals surface area (Å²) in [6.45, 7) is 1.98. The van der Waals surface area contributed by atoms with Crippen LogP contribution >= 0.6 is 11.6 Å². The van der Waals surface area contributed by atoms with Gasteiger partial charge in [-0.1, -0.05) is 23.7 Å². The van der Waals surface area contributed by atoms with E-state index in [-0.39, 0.29) is 11.9 Å². The summed E-state index contributed by atoms with van der Waals surface area (Å²) in [7, 11) is 1.82. The second kappa shape index (κ2) is 6.14. The molecule has 2 rings (SSSR count). The molecule has 0 spiro atoms. The Hall–Kier alpha value is -2.07. The second-order valence-corrected chi connectivity index (χ2v) is 5.36. The van der Waals surface area contributed by atoms with Crippen molar-refractivity contribution in [1.82, 2.24) is 0 Å². The Balaban J connectivity index is 2.31. The topological polar surface area (TPSA) is 53.1 Å². The second-order valence-electron chi connectivity index (χ2n) is 4.92. The van der Waals surface area contributed by atoms with Crippen molar-refractivity contribution in [3.8, 4) is 0 Å². The molecule has 5 heteroatoms. The molecule has 0 aliphatic carbocycles. The van der Waals surface area contributed by atoms with Crippen molar-refractivity contribution in [3.05, 3.63) is 64.4 Å². The molecule has 0 saturated carbocycles. The SMILES string of the molecule is CC(c1cccc(Cl)c1)N(C)c1ccc(C(=N)N)cc1F. The Bertz CT molecular complexity index is 672. The lowest BCUT2D eigenvalue weighted by atomic mass is 10.1. The van der Waals surface area contributed by atoms with Gasteiger partial charge in [0, 0.05) is 17.6 Å². The number of nitrogens with one attached hydrogen (secondary N) is 1. The fourth-order valence-electron chi connectivity index (χ4n) is 2.16. The third-order valence-corrected chi connectivity index (χ3v) is 3.79. The van der Waals surface area contributed by atoms with Gasteiger partial charge in [0.1, 0.15) is 11.7 Å². The third kappa shape index (κ3) is 3.34. The van der Waals surface area contributed by atoms with Gasteiger partial charge in [-0.15, -0.1) is 0 Å². The van der Waals surface area contributed by atoms with E-state index in [0.29, 0.717) is 16.3 Å². The smallest absolute Gasteiger partial charge is 0.147 e. The number of nitrogen functional groups attached to an aromatic ring is 1. The lowest BCUT2D eigenvalue weighted by Gasteiger charge is -2.28. The van der Waals surface area contributed by atoms with Crippen LogP contribution in [0.15, 0.2) is 42.5 Å².